The van der Waals surface area contributed by atoms with Crippen molar-refractivity contribution >= 4 is 23.7 Å². The van der Waals surface area contributed by atoms with Gasteiger partial charge in [-0.1, -0.05) is 5.21 Å². The number of amides is 1. The molecule has 9 nitrogen and oxygen atoms in total. The molecule has 1 saturated heterocycles. The quantitative estimate of drug-likeness (QED) is 0.816. The maximum atomic E-state index is 14.6. The molecule has 3 heterocycles. The third kappa shape index (κ3) is 3.36. The van der Waals surface area contributed by atoms with Crippen LogP contribution < -0.4 is 9.91 Å². The molecule has 0 radical (unpaired) electrons. The smallest absolute Gasteiger partial charge is 0.414 e. The minimum absolute atomic E-state index is 0.313. The van der Waals surface area contributed by atoms with Crippen molar-refractivity contribution in [3.8, 4) is 0 Å². The number of carbonyl (C=O) groups is 1. The zero-order valence-corrected chi connectivity index (χ0v) is 13.9. The van der Waals surface area contributed by atoms with E-state index in [2.05, 4.69) is 15.4 Å². The average molecular weight is 360 g/mol. The molecule has 1 aromatic heterocycles. The number of anilines is 2. The molecule has 0 aliphatic carbocycles. The zero-order chi connectivity index (χ0) is 17.9. The molecule has 1 fully saturated rings. The number of cyclic esters (lactones) is 1. The second-order valence-corrected chi connectivity index (χ2v) is 5.87. The summed E-state index contributed by atoms with van der Waals surface area (Å²) in [4.78, 5) is 13.5. The fraction of sp³-hybridized carbons (Fsp3) is 0.375. The van der Waals surface area contributed by atoms with E-state index in [4.69, 9.17) is 9.47 Å². The number of rotatable bonds is 4. The fourth-order valence-corrected chi connectivity index (χ4v) is 2.90. The van der Waals surface area contributed by atoms with E-state index in [-0.39, 0.29) is 6.10 Å². The minimum atomic E-state index is -0.511. The van der Waals surface area contributed by atoms with Crippen LogP contribution in [0.2, 0.25) is 0 Å². The molecule has 2 aromatic rings. The van der Waals surface area contributed by atoms with E-state index >= 15 is 0 Å². The van der Waals surface area contributed by atoms with Gasteiger partial charge in [0.2, 0.25) is 0 Å². The van der Waals surface area contributed by atoms with Gasteiger partial charge < -0.3 is 9.47 Å². The third-order valence-electron chi connectivity index (χ3n) is 4.12. The van der Waals surface area contributed by atoms with Gasteiger partial charge in [0, 0.05) is 6.20 Å². The molecule has 1 atom stereocenters. The Bertz CT molecular complexity index is 812. The van der Waals surface area contributed by atoms with Crippen LogP contribution in [0.15, 0.2) is 35.7 Å². The van der Waals surface area contributed by atoms with Gasteiger partial charge in [0.1, 0.15) is 11.9 Å². The van der Waals surface area contributed by atoms with Gasteiger partial charge in [0.25, 0.3) is 0 Å². The van der Waals surface area contributed by atoms with Crippen LogP contribution in [-0.2, 0) is 16.0 Å². The molecule has 0 bridgehead atoms. The second kappa shape index (κ2) is 7.08. The van der Waals surface area contributed by atoms with Gasteiger partial charge in [-0.3, -0.25) is 9.91 Å². The molecular formula is C16H17FN6O3. The van der Waals surface area contributed by atoms with Crippen molar-refractivity contribution in [2.75, 3.05) is 36.2 Å². The first-order valence-corrected chi connectivity index (χ1v) is 8.20. The predicted octanol–water partition coefficient (Wildman–Crippen LogP) is 1.26. The molecule has 1 aromatic carbocycles. The van der Waals surface area contributed by atoms with Gasteiger partial charge >= 0.3 is 6.09 Å². The van der Waals surface area contributed by atoms with Crippen molar-refractivity contribution in [1.29, 1.82) is 0 Å². The highest BCUT2D eigenvalue weighted by molar-refractivity contribution is 5.90. The summed E-state index contributed by atoms with van der Waals surface area (Å²) in [6.07, 6.45) is 3.95. The lowest BCUT2D eigenvalue weighted by Crippen LogP contribution is -2.26. The van der Waals surface area contributed by atoms with Crippen molar-refractivity contribution in [3.05, 3.63) is 36.4 Å². The lowest BCUT2D eigenvalue weighted by atomic mass is 10.2. The predicted molar refractivity (Wildman–Crippen MR) is 90.7 cm³/mol. The number of halogens is 1. The normalized spacial score (nSPS) is 20.3. The number of benzene rings is 1. The van der Waals surface area contributed by atoms with Crippen LogP contribution >= 0.6 is 0 Å². The summed E-state index contributed by atoms with van der Waals surface area (Å²) >= 11 is 0. The summed E-state index contributed by atoms with van der Waals surface area (Å²) in [6.45, 7) is 2.03. The monoisotopic (exact) mass is 360 g/mol. The SMILES string of the molecule is O=C1O[C@@H](Cn2ccnn2)CN1c1ccc(N2CCOCC=N2)c(F)c1. The fourth-order valence-electron chi connectivity index (χ4n) is 2.90. The van der Waals surface area contributed by atoms with Gasteiger partial charge in [-0.15, -0.1) is 5.10 Å². The lowest BCUT2D eigenvalue weighted by Gasteiger charge is -2.20. The van der Waals surface area contributed by atoms with Gasteiger partial charge in [0.05, 0.1) is 56.6 Å². The molecule has 0 N–H and O–H groups in total. The Hall–Kier alpha value is -3.01. The first-order valence-electron chi connectivity index (χ1n) is 8.20. The largest absolute Gasteiger partial charge is 0.442 e. The zero-order valence-electron chi connectivity index (χ0n) is 13.9. The van der Waals surface area contributed by atoms with Gasteiger partial charge in [-0.25, -0.2) is 13.9 Å². The summed E-state index contributed by atoms with van der Waals surface area (Å²) < 4.78 is 26.8. The minimum Gasteiger partial charge on any atom is -0.442 e. The maximum Gasteiger partial charge on any atom is 0.414 e. The lowest BCUT2D eigenvalue weighted by molar-refractivity contribution is 0.129. The molecule has 26 heavy (non-hydrogen) atoms. The van der Waals surface area contributed by atoms with Crippen molar-refractivity contribution in [2.24, 2.45) is 5.10 Å². The number of hydrazone groups is 1. The number of nitrogens with zero attached hydrogens (tertiary/aromatic N) is 6. The molecule has 2 aliphatic rings. The van der Waals surface area contributed by atoms with Crippen LogP contribution in [-0.4, -0.2) is 59.7 Å². The Morgan fingerprint density at radius 1 is 1.35 bits per heavy atom. The van der Waals surface area contributed by atoms with E-state index in [0.29, 0.717) is 44.2 Å². The Morgan fingerprint density at radius 2 is 2.27 bits per heavy atom. The van der Waals surface area contributed by atoms with Crippen molar-refractivity contribution < 1.29 is 18.7 Å². The van der Waals surface area contributed by atoms with E-state index in [9.17, 15) is 9.18 Å². The maximum absolute atomic E-state index is 14.6. The highest BCUT2D eigenvalue weighted by atomic mass is 19.1. The average Bonchev–Trinajstić information content (AvgIpc) is 3.17. The number of ether oxygens (including phenoxy) is 2. The van der Waals surface area contributed by atoms with Crippen LogP contribution in [0.4, 0.5) is 20.6 Å². The summed E-state index contributed by atoms with van der Waals surface area (Å²) in [5, 5.41) is 13.3. The van der Waals surface area contributed by atoms with Crippen molar-refractivity contribution in [2.45, 2.75) is 12.6 Å². The van der Waals surface area contributed by atoms with Crippen molar-refractivity contribution in [3.63, 3.8) is 0 Å². The summed E-state index contributed by atoms with van der Waals surface area (Å²) in [5.41, 5.74) is 0.773. The molecule has 4 rings (SSSR count). The van der Waals surface area contributed by atoms with E-state index in [1.807, 2.05) is 0 Å². The van der Waals surface area contributed by atoms with Gasteiger partial charge in [-0.2, -0.15) is 5.10 Å². The molecule has 0 saturated carbocycles. The highest BCUT2D eigenvalue weighted by Crippen LogP contribution is 2.28. The van der Waals surface area contributed by atoms with Crippen LogP contribution in [0.25, 0.3) is 0 Å². The van der Waals surface area contributed by atoms with Crippen LogP contribution in [0.1, 0.15) is 0 Å². The van der Waals surface area contributed by atoms with Gasteiger partial charge in [0.15, 0.2) is 0 Å². The Morgan fingerprint density at radius 3 is 3.08 bits per heavy atom. The van der Waals surface area contributed by atoms with E-state index in [1.165, 1.54) is 11.0 Å². The molecule has 0 spiro atoms. The van der Waals surface area contributed by atoms with Crippen molar-refractivity contribution in [1.82, 2.24) is 15.0 Å². The first-order chi connectivity index (χ1) is 12.7. The highest BCUT2D eigenvalue weighted by Gasteiger charge is 2.33. The second-order valence-electron chi connectivity index (χ2n) is 5.87. The number of carbonyl (C=O) groups excluding carboxylic acids is 1. The van der Waals surface area contributed by atoms with Crippen LogP contribution in [0.3, 0.4) is 0 Å². The molecule has 0 unspecified atom stereocenters. The standard InChI is InChI=1S/C16H17FN6O3/c17-14-9-12(1-2-15(14)23-6-8-25-7-4-19-23)22-11-13(26-16(22)24)10-21-5-3-18-20-21/h1-5,9,13H,6-8,10-11H2/t13-/m0/s1. The van der Waals surface area contributed by atoms with Crippen LogP contribution in [0, 0.1) is 5.82 Å². The van der Waals surface area contributed by atoms with Crippen LogP contribution in [0.5, 0.6) is 0 Å². The summed E-state index contributed by atoms with van der Waals surface area (Å²) in [5.74, 6) is -0.464. The Labute approximate surface area is 148 Å². The molecule has 136 valence electrons. The molecule has 2 aliphatic heterocycles. The summed E-state index contributed by atoms with van der Waals surface area (Å²) in [6, 6.07) is 4.60. The van der Waals surface area contributed by atoms with E-state index in [1.54, 1.807) is 40.4 Å². The van der Waals surface area contributed by atoms with E-state index in [0.717, 1.165) is 0 Å². The Kier molecular flexibility index (Phi) is 4.48. The topological polar surface area (TPSA) is 85.1 Å². The molecule has 1 amide bonds. The number of hydrogen-bond donors (Lipinski definition) is 0. The number of hydrogen-bond acceptors (Lipinski definition) is 7. The number of aromatic nitrogens is 3. The van der Waals surface area contributed by atoms with E-state index < -0.39 is 11.9 Å². The third-order valence-corrected chi connectivity index (χ3v) is 4.12. The summed E-state index contributed by atoms with van der Waals surface area (Å²) in [7, 11) is 0. The molecular weight excluding hydrogens is 343 g/mol. The first kappa shape index (κ1) is 16.5. The molecule has 10 heteroatoms. The Balaban J connectivity index is 1.49. The van der Waals surface area contributed by atoms with Gasteiger partial charge in [-0.05, 0) is 18.2 Å².